The summed E-state index contributed by atoms with van der Waals surface area (Å²) in [6, 6.07) is 8.61. The third kappa shape index (κ3) is 5.85. The number of nitrogens with one attached hydrogen (secondary N) is 2. The number of likely N-dealkylation sites (N-methyl/N-ethyl adjacent to an activating group) is 2. The average molecular weight is 409 g/mol. The smallest absolute Gasteiger partial charge is 0.373 e. The van der Waals surface area contributed by atoms with Crippen LogP contribution in [0.3, 0.4) is 0 Å². The molecule has 0 aromatic heterocycles. The van der Waals surface area contributed by atoms with E-state index in [0.29, 0.717) is 18.8 Å². The molecule has 0 spiro atoms. The van der Waals surface area contributed by atoms with Crippen molar-refractivity contribution < 1.29 is 18.0 Å². The second-order valence-corrected chi connectivity index (χ2v) is 7.08. The number of nitrogen functional groups attached to an aromatic ring is 1. The van der Waals surface area contributed by atoms with Crippen molar-refractivity contribution in [3.05, 3.63) is 53.1 Å². The lowest BCUT2D eigenvalue weighted by Crippen LogP contribution is -2.30. The lowest BCUT2D eigenvalue weighted by Gasteiger charge is -2.25. The first-order valence-electron chi connectivity index (χ1n) is 8.98. The predicted octanol–water partition coefficient (Wildman–Crippen LogP) is 3.55. The predicted molar refractivity (Wildman–Crippen MR) is 110 cm³/mol. The van der Waals surface area contributed by atoms with E-state index < -0.39 is 17.6 Å². The second kappa shape index (κ2) is 9.15. The Balaban J connectivity index is 2.29. The summed E-state index contributed by atoms with van der Waals surface area (Å²) in [5.74, 6) is 4.89. The number of amides is 1. The topological polar surface area (TPSA) is 73.6 Å². The van der Waals surface area contributed by atoms with Gasteiger partial charge in [0, 0.05) is 37.1 Å². The van der Waals surface area contributed by atoms with E-state index in [9.17, 15) is 18.0 Å². The summed E-state index contributed by atoms with van der Waals surface area (Å²) < 4.78 is 40.9. The molecule has 2 aromatic rings. The summed E-state index contributed by atoms with van der Waals surface area (Å²) in [4.78, 5) is 15.9. The van der Waals surface area contributed by atoms with E-state index in [1.165, 1.54) is 12.1 Å². The molecular weight excluding hydrogens is 383 g/mol. The lowest BCUT2D eigenvalue weighted by atomic mass is 10.1. The van der Waals surface area contributed by atoms with E-state index in [1.807, 2.05) is 25.9 Å². The number of anilines is 3. The molecule has 1 amide bonds. The van der Waals surface area contributed by atoms with Crippen LogP contribution in [0.2, 0.25) is 0 Å². The van der Waals surface area contributed by atoms with Gasteiger partial charge in [-0.25, -0.2) is 0 Å². The van der Waals surface area contributed by atoms with Gasteiger partial charge in [-0.1, -0.05) is 6.07 Å². The number of carbonyl (C=O) groups excluding carboxylic acids is 1. The summed E-state index contributed by atoms with van der Waals surface area (Å²) in [5, 5.41) is 2.52. The maximum atomic E-state index is 13.6. The summed E-state index contributed by atoms with van der Waals surface area (Å²) in [5.41, 5.74) is 3.49. The quantitative estimate of drug-likeness (QED) is 0.482. The van der Waals surface area contributed by atoms with Crippen LogP contribution in [0.25, 0.3) is 0 Å². The minimum atomic E-state index is -4.55. The molecule has 0 unspecified atom stereocenters. The third-order valence-corrected chi connectivity index (χ3v) is 4.51. The van der Waals surface area contributed by atoms with Gasteiger partial charge in [-0.3, -0.25) is 10.6 Å². The summed E-state index contributed by atoms with van der Waals surface area (Å²) >= 11 is 0. The SMILES string of the molecule is Cc1ccc(C(=O)Nc2ccc(N(C)CCN(C)C)c(C(F)(F)F)c2)cc1NN. The molecule has 0 saturated heterocycles. The zero-order chi connectivity index (χ0) is 21.8. The summed E-state index contributed by atoms with van der Waals surface area (Å²) in [6.45, 7) is 2.86. The van der Waals surface area contributed by atoms with Crippen LogP contribution in [0.5, 0.6) is 0 Å². The third-order valence-electron chi connectivity index (χ3n) is 4.51. The maximum Gasteiger partial charge on any atom is 0.418 e. The Labute approximate surface area is 168 Å². The van der Waals surface area contributed by atoms with Gasteiger partial charge in [-0.05, 0) is 56.9 Å². The highest BCUT2D eigenvalue weighted by atomic mass is 19.4. The van der Waals surface area contributed by atoms with Crippen molar-refractivity contribution in [2.45, 2.75) is 13.1 Å². The molecule has 2 aromatic carbocycles. The van der Waals surface area contributed by atoms with Gasteiger partial charge < -0.3 is 20.5 Å². The van der Waals surface area contributed by atoms with E-state index >= 15 is 0 Å². The van der Waals surface area contributed by atoms with Crippen LogP contribution in [0, 0.1) is 6.92 Å². The molecule has 0 aliphatic heterocycles. The molecule has 6 nitrogen and oxygen atoms in total. The van der Waals surface area contributed by atoms with Crippen molar-refractivity contribution in [1.82, 2.24) is 4.90 Å². The fourth-order valence-corrected chi connectivity index (χ4v) is 2.77. The van der Waals surface area contributed by atoms with Crippen LogP contribution in [-0.2, 0) is 6.18 Å². The highest BCUT2D eigenvalue weighted by molar-refractivity contribution is 6.05. The number of nitrogens with two attached hydrogens (primary N) is 1. The molecule has 0 saturated carbocycles. The standard InChI is InChI=1S/C20H26F3N5O/c1-13-5-6-14(11-17(13)26-24)19(29)25-15-7-8-18(16(12-15)20(21,22)23)28(4)10-9-27(2)3/h5-8,11-12,26H,9-10,24H2,1-4H3,(H,25,29). The number of aryl methyl sites for hydroxylation is 1. The highest BCUT2D eigenvalue weighted by Crippen LogP contribution is 2.38. The van der Waals surface area contributed by atoms with E-state index in [1.54, 1.807) is 30.1 Å². The van der Waals surface area contributed by atoms with Crippen LogP contribution in [-0.4, -0.2) is 45.0 Å². The number of hydrogen-bond acceptors (Lipinski definition) is 5. The number of halogens is 3. The minimum Gasteiger partial charge on any atom is -0.373 e. The first-order chi connectivity index (χ1) is 13.5. The van der Waals surface area contributed by atoms with Crippen LogP contribution in [0.15, 0.2) is 36.4 Å². The number of nitrogens with zero attached hydrogens (tertiary/aromatic N) is 2. The Bertz CT molecular complexity index is 868. The van der Waals surface area contributed by atoms with Gasteiger partial charge in [0.2, 0.25) is 0 Å². The van der Waals surface area contributed by atoms with Crippen LogP contribution in [0.4, 0.5) is 30.2 Å². The second-order valence-electron chi connectivity index (χ2n) is 7.08. The lowest BCUT2D eigenvalue weighted by molar-refractivity contribution is -0.137. The molecule has 0 aliphatic carbocycles. The Morgan fingerprint density at radius 1 is 1.07 bits per heavy atom. The van der Waals surface area contributed by atoms with Crippen molar-refractivity contribution in [2.75, 3.05) is 49.9 Å². The van der Waals surface area contributed by atoms with E-state index in [4.69, 9.17) is 5.84 Å². The van der Waals surface area contributed by atoms with Crippen molar-refractivity contribution in [1.29, 1.82) is 0 Å². The number of carbonyl (C=O) groups is 1. The molecule has 158 valence electrons. The van der Waals surface area contributed by atoms with Crippen LogP contribution < -0.4 is 21.5 Å². The molecule has 4 N–H and O–H groups in total. The van der Waals surface area contributed by atoms with Crippen molar-refractivity contribution >= 4 is 23.0 Å². The zero-order valence-corrected chi connectivity index (χ0v) is 16.9. The van der Waals surface area contributed by atoms with Gasteiger partial charge in [-0.2, -0.15) is 13.2 Å². The van der Waals surface area contributed by atoms with Crippen molar-refractivity contribution in [3.63, 3.8) is 0 Å². The van der Waals surface area contributed by atoms with Gasteiger partial charge in [0.05, 0.1) is 11.3 Å². The summed E-state index contributed by atoms with van der Waals surface area (Å²) in [6.07, 6.45) is -4.55. The fourth-order valence-electron chi connectivity index (χ4n) is 2.77. The van der Waals surface area contributed by atoms with Gasteiger partial charge in [0.15, 0.2) is 0 Å². The van der Waals surface area contributed by atoms with E-state index in [0.717, 1.165) is 11.6 Å². The first-order valence-corrected chi connectivity index (χ1v) is 8.98. The molecule has 0 fully saturated rings. The minimum absolute atomic E-state index is 0.0577. The molecule has 0 aliphatic rings. The Morgan fingerprint density at radius 3 is 2.34 bits per heavy atom. The number of benzene rings is 2. The molecule has 2 rings (SSSR count). The van der Waals surface area contributed by atoms with Gasteiger partial charge in [0.25, 0.3) is 5.91 Å². The van der Waals surface area contributed by atoms with Gasteiger partial charge >= 0.3 is 6.18 Å². The van der Waals surface area contributed by atoms with E-state index in [-0.39, 0.29) is 16.9 Å². The maximum absolute atomic E-state index is 13.6. The Kier molecular flexibility index (Phi) is 7.10. The van der Waals surface area contributed by atoms with Crippen molar-refractivity contribution in [2.24, 2.45) is 5.84 Å². The average Bonchev–Trinajstić information content (AvgIpc) is 2.65. The number of rotatable bonds is 7. The normalized spacial score (nSPS) is 11.5. The van der Waals surface area contributed by atoms with Crippen LogP contribution in [0.1, 0.15) is 21.5 Å². The first kappa shape index (κ1) is 22.5. The molecule has 0 radical (unpaired) electrons. The fraction of sp³-hybridized carbons (Fsp3) is 0.350. The Hall–Kier alpha value is -2.78. The monoisotopic (exact) mass is 409 g/mol. The number of alkyl halides is 3. The van der Waals surface area contributed by atoms with E-state index in [2.05, 4.69) is 10.7 Å². The number of hydrogen-bond donors (Lipinski definition) is 3. The molecule has 9 heteroatoms. The molecule has 0 atom stereocenters. The molecule has 0 bridgehead atoms. The van der Waals surface area contributed by atoms with Gasteiger partial charge in [-0.15, -0.1) is 0 Å². The summed E-state index contributed by atoms with van der Waals surface area (Å²) in [7, 11) is 5.32. The van der Waals surface area contributed by atoms with Gasteiger partial charge in [0.1, 0.15) is 0 Å². The largest absolute Gasteiger partial charge is 0.418 e. The molecule has 0 heterocycles. The van der Waals surface area contributed by atoms with Crippen LogP contribution >= 0.6 is 0 Å². The number of hydrazine groups is 1. The highest BCUT2D eigenvalue weighted by Gasteiger charge is 2.35. The Morgan fingerprint density at radius 2 is 1.76 bits per heavy atom. The molecule has 29 heavy (non-hydrogen) atoms. The zero-order valence-electron chi connectivity index (χ0n) is 16.9. The van der Waals surface area contributed by atoms with Crippen molar-refractivity contribution in [3.8, 4) is 0 Å². The molecular formula is C20H26F3N5O.